The van der Waals surface area contributed by atoms with E-state index >= 15 is 0 Å². The first-order valence-corrected chi connectivity index (χ1v) is 9.45. The molecule has 0 aromatic carbocycles. The summed E-state index contributed by atoms with van der Waals surface area (Å²) in [6.45, 7) is 3.61. The van der Waals surface area contributed by atoms with Crippen LogP contribution in [0, 0.1) is 5.92 Å². The highest BCUT2D eigenvalue weighted by atomic mass is 16.6. The Morgan fingerprint density at radius 2 is 1.46 bits per heavy atom. The largest absolute Gasteiger partial charge is 0.393 e. The van der Waals surface area contributed by atoms with Crippen molar-refractivity contribution in [1.29, 1.82) is 0 Å². The predicted molar refractivity (Wildman–Crippen MR) is 91.3 cm³/mol. The third kappa shape index (κ3) is 5.13. The topological polar surface area (TPSA) is 110 Å². The summed E-state index contributed by atoms with van der Waals surface area (Å²) in [5.41, 5.74) is -1.44. The van der Waals surface area contributed by atoms with Gasteiger partial charge in [0.15, 0.2) is 6.29 Å². The minimum absolute atomic E-state index is 0.204. The van der Waals surface area contributed by atoms with Gasteiger partial charge in [-0.1, -0.05) is 65.2 Å². The Bertz CT molecular complexity index is 339. The molecule has 1 rings (SSSR count). The highest BCUT2D eigenvalue weighted by Gasteiger charge is 2.56. The lowest BCUT2D eigenvalue weighted by Gasteiger charge is -2.50. The van der Waals surface area contributed by atoms with Crippen LogP contribution in [0.4, 0.5) is 0 Å². The van der Waals surface area contributed by atoms with Crippen LogP contribution in [0.3, 0.4) is 0 Å². The number of aliphatic hydroxyl groups excluding tert-OH is 5. The second-order valence-corrected chi connectivity index (χ2v) is 7.06. The van der Waals surface area contributed by atoms with E-state index in [1.807, 2.05) is 6.92 Å². The number of unbranched alkanes of at least 4 members (excludes halogenated alkanes) is 6. The van der Waals surface area contributed by atoms with Gasteiger partial charge in [0.2, 0.25) is 0 Å². The van der Waals surface area contributed by atoms with E-state index < -0.39 is 36.8 Å². The van der Waals surface area contributed by atoms with Crippen molar-refractivity contribution in [3.63, 3.8) is 0 Å². The van der Waals surface area contributed by atoms with Gasteiger partial charge in [0.05, 0.1) is 6.61 Å². The average molecular weight is 348 g/mol. The molecule has 1 aliphatic rings. The van der Waals surface area contributed by atoms with Gasteiger partial charge >= 0.3 is 0 Å². The Balaban J connectivity index is 2.59. The summed E-state index contributed by atoms with van der Waals surface area (Å²) in [7, 11) is 0. The Labute approximate surface area is 145 Å². The predicted octanol–water partition coefficient (Wildman–Crippen LogP) is 1.32. The van der Waals surface area contributed by atoms with Crippen molar-refractivity contribution in [2.24, 2.45) is 5.92 Å². The van der Waals surface area contributed by atoms with E-state index in [9.17, 15) is 25.5 Å². The lowest BCUT2D eigenvalue weighted by atomic mass is 9.74. The number of hydrogen-bond donors (Lipinski definition) is 5. The minimum Gasteiger partial charge on any atom is -0.393 e. The van der Waals surface area contributed by atoms with Crippen LogP contribution in [0.2, 0.25) is 0 Å². The van der Waals surface area contributed by atoms with Gasteiger partial charge in [-0.15, -0.1) is 0 Å². The van der Waals surface area contributed by atoms with Crippen LogP contribution in [-0.4, -0.2) is 62.3 Å². The molecule has 6 atom stereocenters. The molecule has 144 valence electrons. The maximum absolute atomic E-state index is 10.4. The van der Waals surface area contributed by atoms with E-state index in [4.69, 9.17) is 4.74 Å². The zero-order valence-electron chi connectivity index (χ0n) is 15.1. The van der Waals surface area contributed by atoms with Crippen molar-refractivity contribution < 1.29 is 30.3 Å². The van der Waals surface area contributed by atoms with Gasteiger partial charge in [-0.25, -0.2) is 0 Å². The molecule has 0 saturated carbocycles. The molecule has 0 spiro atoms. The normalized spacial score (nSPS) is 35.1. The summed E-state index contributed by atoms with van der Waals surface area (Å²) >= 11 is 0. The lowest BCUT2D eigenvalue weighted by Crippen LogP contribution is -2.68. The van der Waals surface area contributed by atoms with Crippen LogP contribution < -0.4 is 0 Å². The molecule has 2 unspecified atom stereocenters. The molecule has 1 saturated heterocycles. The molecule has 5 N–H and O–H groups in total. The second kappa shape index (κ2) is 10.7. The van der Waals surface area contributed by atoms with E-state index in [1.165, 1.54) is 25.7 Å². The summed E-state index contributed by atoms with van der Waals surface area (Å²) < 4.78 is 5.43. The molecule has 6 heteroatoms. The van der Waals surface area contributed by atoms with E-state index in [0.717, 1.165) is 25.7 Å². The molecular formula is C18H36O6. The van der Waals surface area contributed by atoms with Crippen molar-refractivity contribution in [1.82, 2.24) is 0 Å². The standard InChI is InChI=1S/C18H36O6/c1-3-5-6-7-8-9-10-11-13(4-2)18(12-19)16(22)14(20)15(21)17(23)24-18/h13-17,19-23H,3-12H2,1-2H3/t13?,14-,15-,16+,17?,18+/m1/s1. The van der Waals surface area contributed by atoms with E-state index in [-0.39, 0.29) is 5.92 Å². The summed E-state index contributed by atoms with van der Waals surface area (Å²) in [6, 6.07) is 0. The molecule has 0 amide bonds. The van der Waals surface area contributed by atoms with Gasteiger partial charge < -0.3 is 30.3 Å². The summed E-state index contributed by atoms with van der Waals surface area (Å²) in [6.07, 6.45) is 3.37. The SMILES string of the molecule is CCCCCCCCCC(CC)[C@]1(CO)OC(O)[C@H](O)[C@@H](O)[C@@H]1O. The first kappa shape index (κ1) is 21.8. The molecule has 6 nitrogen and oxygen atoms in total. The molecule has 0 bridgehead atoms. The first-order valence-electron chi connectivity index (χ1n) is 9.45. The Kier molecular flexibility index (Phi) is 9.71. The van der Waals surface area contributed by atoms with Gasteiger partial charge in [0.1, 0.15) is 23.9 Å². The summed E-state index contributed by atoms with van der Waals surface area (Å²) in [5.74, 6) is -0.204. The molecule has 1 heterocycles. The van der Waals surface area contributed by atoms with Crippen LogP contribution in [-0.2, 0) is 4.74 Å². The zero-order chi connectivity index (χ0) is 18.2. The van der Waals surface area contributed by atoms with E-state index in [2.05, 4.69) is 6.92 Å². The smallest absolute Gasteiger partial charge is 0.184 e. The van der Waals surface area contributed by atoms with Crippen molar-refractivity contribution in [3.05, 3.63) is 0 Å². The number of hydrogen-bond acceptors (Lipinski definition) is 6. The molecule has 1 fully saturated rings. The van der Waals surface area contributed by atoms with Gasteiger partial charge in [-0.05, 0) is 12.3 Å². The van der Waals surface area contributed by atoms with E-state index in [0.29, 0.717) is 6.42 Å². The second-order valence-electron chi connectivity index (χ2n) is 7.06. The van der Waals surface area contributed by atoms with Crippen LogP contribution in [0.25, 0.3) is 0 Å². The number of ether oxygens (including phenoxy) is 1. The maximum Gasteiger partial charge on any atom is 0.184 e. The molecule has 0 aliphatic carbocycles. The summed E-state index contributed by atoms with van der Waals surface area (Å²) in [4.78, 5) is 0. The summed E-state index contributed by atoms with van der Waals surface area (Å²) in [5, 5.41) is 49.7. The number of rotatable bonds is 11. The fraction of sp³-hybridized carbons (Fsp3) is 1.00. The van der Waals surface area contributed by atoms with Crippen LogP contribution in [0.5, 0.6) is 0 Å². The average Bonchev–Trinajstić information content (AvgIpc) is 2.59. The third-order valence-electron chi connectivity index (χ3n) is 5.39. The maximum atomic E-state index is 10.4. The van der Waals surface area contributed by atoms with Gasteiger partial charge in [0.25, 0.3) is 0 Å². The Morgan fingerprint density at radius 3 is 2.00 bits per heavy atom. The van der Waals surface area contributed by atoms with Crippen molar-refractivity contribution in [2.75, 3.05) is 6.61 Å². The fourth-order valence-electron chi connectivity index (χ4n) is 3.75. The monoisotopic (exact) mass is 348 g/mol. The lowest BCUT2D eigenvalue weighted by molar-refractivity contribution is -0.341. The molecule has 0 radical (unpaired) electrons. The Hall–Kier alpha value is -0.240. The van der Waals surface area contributed by atoms with Gasteiger partial charge in [0, 0.05) is 0 Å². The Morgan fingerprint density at radius 1 is 0.875 bits per heavy atom. The fourth-order valence-corrected chi connectivity index (χ4v) is 3.75. The first-order chi connectivity index (χ1) is 11.4. The van der Waals surface area contributed by atoms with Crippen molar-refractivity contribution >= 4 is 0 Å². The molecule has 0 aromatic heterocycles. The molecule has 0 aromatic rings. The van der Waals surface area contributed by atoms with Crippen LogP contribution in [0.15, 0.2) is 0 Å². The van der Waals surface area contributed by atoms with Gasteiger partial charge in [-0.3, -0.25) is 0 Å². The zero-order valence-corrected chi connectivity index (χ0v) is 15.1. The minimum atomic E-state index is -1.61. The third-order valence-corrected chi connectivity index (χ3v) is 5.39. The van der Waals surface area contributed by atoms with Crippen LogP contribution in [0.1, 0.15) is 71.6 Å². The molecule has 24 heavy (non-hydrogen) atoms. The number of aliphatic hydroxyl groups is 5. The van der Waals surface area contributed by atoms with E-state index in [1.54, 1.807) is 0 Å². The van der Waals surface area contributed by atoms with Crippen LogP contribution >= 0.6 is 0 Å². The quantitative estimate of drug-likeness (QED) is 0.360. The van der Waals surface area contributed by atoms with Gasteiger partial charge in [-0.2, -0.15) is 0 Å². The molecule has 1 aliphatic heterocycles. The van der Waals surface area contributed by atoms with Crippen molar-refractivity contribution in [2.45, 2.75) is 102 Å². The highest BCUT2D eigenvalue weighted by Crippen LogP contribution is 2.39. The highest BCUT2D eigenvalue weighted by molar-refractivity contribution is 5.03. The molecular weight excluding hydrogens is 312 g/mol. The van der Waals surface area contributed by atoms with Crippen molar-refractivity contribution in [3.8, 4) is 0 Å².